The molecule has 0 aliphatic heterocycles. The Morgan fingerprint density at radius 1 is 1.00 bits per heavy atom. The minimum absolute atomic E-state index is 0.105. The van der Waals surface area contributed by atoms with Crippen LogP contribution in [0.2, 0.25) is 0 Å². The van der Waals surface area contributed by atoms with Crippen LogP contribution in [0, 0.1) is 0 Å². The molecule has 0 aliphatic carbocycles. The Morgan fingerprint density at radius 2 is 1.82 bits per heavy atom. The zero-order valence-corrected chi connectivity index (χ0v) is 18.8. The number of carbonyl (C=O) groups is 1. The number of furan rings is 1. The van der Waals surface area contributed by atoms with Crippen molar-refractivity contribution in [2.45, 2.75) is 26.5 Å². The minimum atomic E-state index is -0.311. The van der Waals surface area contributed by atoms with Crippen LogP contribution in [0.3, 0.4) is 0 Å². The quantitative estimate of drug-likeness (QED) is 0.354. The highest BCUT2D eigenvalue weighted by Gasteiger charge is 2.16. The molecule has 0 atom stereocenters. The molecule has 4 rings (SSSR count). The molecule has 3 aromatic carbocycles. The van der Waals surface area contributed by atoms with Gasteiger partial charge in [0.15, 0.2) is 11.5 Å². The normalized spacial score (nSPS) is 10.9. The van der Waals surface area contributed by atoms with Gasteiger partial charge in [0.1, 0.15) is 12.2 Å². The molecule has 0 saturated carbocycles. The Morgan fingerprint density at radius 3 is 2.61 bits per heavy atom. The molecule has 4 aromatic rings. The summed E-state index contributed by atoms with van der Waals surface area (Å²) in [6.07, 6.45) is 1.80. The highest BCUT2D eigenvalue weighted by atomic mass is 16.5. The second kappa shape index (κ2) is 10.2. The average Bonchev–Trinajstić information content (AvgIpc) is 3.25. The number of benzene rings is 3. The van der Waals surface area contributed by atoms with Crippen molar-refractivity contribution in [2.75, 3.05) is 13.7 Å². The maximum Gasteiger partial charge on any atom is 0.310 e. The number of esters is 1. The van der Waals surface area contributed by atoms with Gasteiger partial charge in [-0.15, -0.1) is 0 Å². The van der Waals surface area contributed by atoms with Crippen LogP contribution in [-0.2, 0) is 29.1 Å². The van der Waals surface area contributed by atoms with Crippen molar-refractivity contribution in [3.05, 3.63) is 83.6 Å². The molecule has 1 heterocycles. The number of nitrogens with two attached hydrogens (primary N) is 1. The maximum absolute atomic E-state index is 12.0. The molecule has 0 unspecified atom stereocenters. The van der Waals surface area contributed by atoms with E-state index in [4.69, 9.17) is 24.4 Å². The fourth-order valence-electron chi connectivity index (χ4n) is 3.79. The van der Waals surface area contributed by atoms with E-state index < -0.39 is 0 Å². The third kappa shape index (κ3) is 5.02. The highest BCUT2D eigenvalue weighted by molar-refractivity contribution is 5.86. The smallest absolute Gasteiger partial charge is 0.310 e. The Kier molecular flexibility index (Phi) is 6.95. The second-order valence-corrected chi connectivity index (χ2v) is 7.60. The number of para-hydroxylation sites is 1. The Balaban J connectivity index is 1.62. The van der Waals surface area contributed by atoms with Crippen molar-refractivity contribution in [1.29, 1.82) is 0 Å². The van der Waals surface area contributed by atoms with E-state index in [1.165, 1.54) is 0 Å². The first kappa shape index (κ1) is 22.4. The molecule has 0 spiro atoms. The average molecular weight is 446 g/mol. The van der Waals surface area contributed by atoms with Crippen molar-refractivity contribution in [1.82, 2.24) is 0 Å². The van der Waals surface area contributed by atoms with Gasteiger partial charge in [0.05, 0.1) is 26.4 Å². The summed E-state index contributed by atoms with van der Waals surface area (Å²) >= 11 is 0. The number of rotatable bonds is 9. The fourth-order valence-corrected chi connectivity index (χ4v) is 3.79. The maximum atomic E-state index is 12.0. The second-order valence-electron chi connectivity index (χ2n) is 7.60. The topological polar surface area (TPSA) is 83.9 Å². The van der Waals surface area contributed by atoms with Crippen LogP contribution in [-0.4, -0.2) is 19.7 Å². The van der Waals surface area contributed by atoms with E-state index in [0.717, 1.165) is 33.2 Å². The van der Waals surface area contributed by atoms with E-state index >= 15 is 0 Å². The van der Waals surface area contributed by atoms with Gasteiger partial charge >= 0.3 is 5.97 Å². The number of carbonyl (C=O) groups excluding carboxylic acids is 1. The van der Waals surface area contributed by atoms with Gasteiger partial charge in [-0.25, -0.2) is 0 Å². The summed E-state index contributed by atoms with van der Waals surface area (Å²) in [4.78, 5) is 12.0. The number of fused-ring (bicyclic) bond motifs is 1. The SMILES string of the molecule is CCOC(=O)Cc1cccc(OC)c1OCc1coc2ccc(-c3cccc(CN)c3)cc12. The van der Waals surface area contributed by atoms with Gasteiger partial charge in [0.25, 0.3) is 0 Å². The van der Waals surface area contributed by atoms with E-state index in [1.54, 1.807) is 26.4 Å². The minimum Gasteiger partial charge on any atom is -0.493 e. The molecule has 0 amide bonds. The molecule has 0 saturated heterocycles. The van der Waals surface area contributed by atoms with Gasteiger partial charge in [-0.05, 0) is 47.9 Å². The molecular formula is C27H27NO5. The van der Waals surface area contributed by atoms with Crippen LogP contribution in [0.15, 0.2) is 71.3 Å². The molecule has 0 bridgehead atoms. The third-order valence-corrected chi connectivity index (χ3v) is 5.44. The summed E-state index contributed by atoms with van der Waals surface area (Å²) in [5, 5.41) is 0.965. The molecule has 1 aromatic heterocycles. The molecule has 33 heavy (non-hydrogen) atoms. The summed E-state index contributed by atoms with van der Waals surface area (Å²) < 4.78 is 22.5. The van der Waals surface area contributed by atoms with E-state index in [0.29, 0.717) is 30.2 Å². The van der Waals surface area contributed by atoms with E-state index in [9.17, 15) is 4.79 Å². The Labute approximate surface area is 192 Å². The monoisotopic (exact) mass is 445 g/mol. The number of ether oxygens (including phenoxy) is 3. The molecular weight excluding hydrogens is 418 g/mol. The van der Waals surface area contributed by atoms with Gasteiger partial charge < -0.3 is 24.4 Å². The molecule has 6 nitrogen and oxygen atoms in total. The van der Waals surface area contributed by atoms with Crippen molar-refractivity contribution in [3.63, 3.8) is 0 Å². The summed E-state index contributed by atoms with van der Waals surface area (Å²) in [5.74, 6) is 0.770. The molecule has 0 fully saturated rings. The van der Waals surface area contributed by atoms with Crippen LogP contribution < -0.4 is 15.2 Å². The standard InChI is InChI=1S/C27H27NO5/c1-3-31-26(29)14-21-8-5-9-25(30-2)27(21)33-17-22-16-32-24-11-10-20(13-23(22)24)19-7-4-6-18(12-19)15-28/h4-13,16H,3,14-15,17,28H2,1-2H3. The molecule has 0 radical (unpaired) electrons. The van der Waals surface area contributed by atoms with E-state index in [1.807, 2.05) is 36.4 Å². The van der Waals surface area contributed by atoms with Crippen LogP contribution in [0.1, 0.15) is 23.6 Å². The van der Waals surface area contributed by atoms with Crippen molar-refractivity contribution in [3.8, 4) is 22.6 Å². The predicted octanol–water partition coefficient (Wildman–Crippen LogP) is 5.25. The lowest BCUT2D eigenvalue weighted by molar-refractivity contribution is -0.142. The van der Waals surface area contributed by atoms with Crippen LogP contribution in [0.5, 0.6) is 11.5 Å². The lowest BCUT2D eigenvalue weighted by Gasteiger charge is -2.14. The number of hydrogen-bond acceptors (Lipinski definition) is 6. The predicted molar refractivity (Wildman–Crippen MR) is 127 cm³/mol. The van der Waals surface area contributed by atoms with Gasteiger partial charge in [-0.1, -0.05) is 36.4 Å². The van der Waals surface area contributed by atoms with Gasteiger partial charge in [0, 0.05) is 23.1 Å². The Hall–Kier alpha value is -3.77. The molecule has 2 N–H and O–H groups in total. The zero-order valence-electron chi connectivity index (χ0n) is 18.8. The summed E-state index contributed by atoms with van der Waals surface area (Å²) in [6.45, 7) is 2.87. The number of methoxy groups -OCH3 is 1. The lowest BCUT2D eigenvalue weighted by Crippen LogP contribution is -2.09. The zero-order chi connectivity index (χ0) is 23.2. The first-order valence-electron chi connectivity index (χ1n) is 10.9. The van der Waals surface area contributed by atoms with Crippen LogP contribution in [0.4, 0.5) is 0 Å². The Bertz CT molecular complexity index is 1260. The van der Waals surface area contributed by atoms with E-state index in [2.05, 4.69) is 18.2 Å². The third-order valence-electron chi connectivity index (χ3n) is 5.44. The van der Waals surface area contributed by atoms with Crippen LogP contribution in [0.25, 0.3) is 22.1 Å². The van der Waals surface area contributed by atoms with E-state index in [-0.39, 0.29) is 19.0 Å². The molecule has 170 valence electrons. The van der Waals surface area contributed by atoms with Crippen molar-refractivity contribution < 1.29 is 23.4 Å². The number of hydrogen-bond donors (Lipinski definition) is 1. The van der Waals surface area contributed by atoms with Crippen molar-refractivity contribution in [2.24, 2.45) is 5.73 Å². The van der Waals surface area contributed by atoms with Gasteiger partial charge in [0.2, 0.25) is 0 Å². The fraction of sp³-hybridized carbons (Fsp3) is 0.222. The molecule has 0 aliphatic rings. The lowest BCUT2D eigenvalue weighted by atomic mass is 10.0. The first-order chi connectivity index (χ1) is 16.1. The first-order valence-corrected chi connectivity index (χ1v) is 10.9. The van der Waals surface area contributed by atoms with Gasteiger partial charge in [-0.3, -0.25) is 4.79 Å². The molecule has 6 heteroatoms. The van der Waals surface area contributed by atoms with Crippen LogP contribution >= 0.6 is 0 Å². The van der Waals surface area contributed by atoms with Crippen molar-refractivity contribution >= 4 is 16.9 Å². The summed E-state index contributed by atoms with van der Waals surface area (Å²) in [5.41, 5.74) is 11.4. The summed E-state index contributed by atoms with van der Waals surface area (Å²) in [6, 6.07) is 19.7. The van der Waals surface area contributed by atoms with Gasteiger partial charge in [-0.2, -0.15) is 0 Å². The summed E-state index contributed by atoms with van der Waals surface area (Å²) in [7, 11) is 1.57. The largest absolute Gasteiger partial charge is 0.493 e. The highest BCUT2D eigenvalue weighted by Crippen LogP contribution is 2.34.